The number of rotatable bonds is 4. The van der Waals surface area contributed by atoms with Crippen LogP contribution in [0.25, 0.3) is 0 Å². The molecule has 0 aliphatic carbocycles. The molecule has 1 rings (SSSR count). The van der Waals surface area contributed by atoms with Crippen molar-refractivity contribution in [3.8, 4) is 0 Å². The van der Waals surface area contributed by atoms with Crippen LogP contribution in [0.15, 0.2) is 11.0 Å². The number of aliphatic hydroxyl groups is 1. The Morgan fingerprint density at radius 2 is 1.89 bits per heavy atom. The van der Waals surface area contributed by atoms with E-state index in [0.717, 1.165) is 5.56 Å². The van der Waals surface area contributed by atoms with E-state index in [1.165, 1.54) is 6.92 Å². The van der Waals surface area contributed by atoms with Crippen molar-refractivity contribution in [3.05, 3.63) is 22.8 Å². The Morgan fingerprint density at radius 1 is 1.33 bits per heavy atom. The number of anilines is 1. The molecule has 0 saturated heterocycles. The average Bonchev–Trinajstić information content (AvgIpc) is 2.24. The van der Waals surface area contributed by atoms with Gasteiger partial charge in [0.25, 0.3) is 0 Å². The van der Waals surface area contributed by atoms with Crippen LogP contribution in [0, 0.1) is 20.8 Å². The van der Waals surface area contributed by atoms with Crippen LogP contribution in [0.5, 0.6) is 0 Å². The Labute approximate surface area is 108 Å². The third-order valence-electron chi connectivity index (χ3n) is 2.92. The summed E-state index contributed by atoms with van der Waals surface area (Å²) in [4.78, 5) is 0.209. The monoisotopic (exact) mass is 272 g/mol. The summed E-state index contributed by atoms with van der Waals surface area (Å²) in [5.74, 6) is 0. The fourth-order valence-electron chi connectivity index (χ4n) is 1.75. The maximum Gasteiger partial charge on any atom is 0.241 e. The number of hydrogen-bond acceptors (Lipinski definition) is 4. The van der Waals surface area contributed by atoms with Gasteiger partial charge in [-0.05, 0) is 50.5 Å². The van der Waals surface area contributed by atoms with E-state index >= 15 is 0 Å². The molecule has 0 saturated carbocycles. The molecule has 1 aromatic rings. The van der Waals surface area contributed by atoms with Gasteiger partial charge in [-0.25, -0.2) is 13.1 Å². The van der Waals surface area contributed by atoms with Crippen LogP contribution in [-0.4, -0.2) is 26.2 Å². The first-order chi connectivity index (χ1) is 8.16. The summed E-state index contributed by atoms with van der Waals surface area (Å²) in [6.45, 7) is 6.75. The molecule has 0 fully saturated rings. The lowest BCUT2D eigenvalue weighted by molar-refractivity contribution is 0.198. The molecule has 0 aliphatic rings. The predicted molar refractivity (Wildman–Crippen MR) is 71.9 cm³/mol. The van der Waals surface area contributed by atoms with Crippen LogP contribution >= 0.6 is 0 Å². The third-order valence-corrected chi connectivity index (χ3v) is 4.61. The van der Waals surface area contributed by atoms with E-state index < -0.39 is 16.1 Å². The van der Waals surface area contributed by atoms with Crippen LogP contribution in [-0.2, 0) is 10.0 Å². The molecule has 0 unspecified atom stereocenters. The van der Waals surface area contributed by atoms with Gasteiger partial charge in [0.05, 0.1) is 11.0 Å². The quantitative estimate of drug-likeness (QED) is 0.709. The average molecular weight is 272 g/mol. The molecule has 0 aromatic heterocycles. The number of nitrogens with two attached hydrogens (primary N) is 1. The normalized spacial score (nSPS) is 13.6. The number of sulfonamides is 1. The summed E-state index contributed by atoms with van der Waals surface area (Å²) in [6.07, 6.45) is -0.734. The lowest BCUT2D eigenvalue weighted by Crippen LogP contribution is -2.31. The summed E-state index contributed by atoms with van der Waals surface area (Å²) in [6, 6.07) is 1.76. The van der Waals surface area contributed by atoms with Gasteiger partial charge in [0.1, 0.15) is 0 Å². The molecule has 0 amide bonds. The van der Waals surface area contributed by atoms with Crippen LogP contribution in [0.1, 0.15) is 23.6 Å². The summed E-state index contributed by atoms with van der Waals surface area (Å²) in [5, 5.41) is 9.16. The van der Waals surface area contributed by atoms with Crippen molar-refractivity contribution in [3.63, 3.8) is 0 Å². The molecule has 0 aliphatic heterocycles. The van der Waals surface area contributed by atoms with E-state index in [1.807, 2.05) is 6.92 Å². The highest BCUT2D eigenvalue weighted by molar-refractivity contribution is 7.89. The van der Waals surface area contributed by atoms with Gasteiger partial charge in [0.2, 0.25) is 10.0 Å². The minimum absolute atomic E-state index is 0.0188. The van der Waals surface area contributed by atoms with Crippen molar-refractivity contribution in [1.29, 1.82) is 0 Å². The fourth-order valence-corrected chi connectivity index (χ4v) is 3.44. The number of benzene rings is 1. The highest BCUT2D eigenvalue weighted by Gasteiger charge is 2.22. The first-order valence-corrected chi connectivity index (χ1v) is 7.19. The van der Waals surface area contributed by atoms with Gasteiger partial charge in [0.15, 0.2) is 0 Å². The van der Waals surface area contributed by atoms with Crippen LogP contribution in [0.2, 0.25) is 0 Å². The maximum absolute atomic E-state index is 12.2. The molecule has 0 heterocycles. The second-order valence-electron chi connectivity index (χ2n) is 4.56. The van der Waals surface area contributed by atoms with Crippen molar-refractivity contribution in [2.24, 2.45) is 0 Å². The molecular weight excluding hydrogens is 252 g/mol. The predicted octanol–water partition coefficient (Wildman–Crippen LogP) is 0.853. The summed E-state index contributed by atoms with van der Waals surface area (Å²) < 4.78 is 26.8. The van der Waals surface area contributed by atoms with E-state index in [0.29, 0.717) is 16.8 Å². The second kappa shape index (κ2) is 5.26. The first kappa shape index (κ1) is 14.9. The minimum atomic E-state index is -3.65. The summed E-state index contributed by atoms with van der Waals surface area (Å²) in [7, 11) is -3.65. The lowest BCUT2D eigenvalue weighted by Gasteiger charge is -2.16. The zero-order chi connectivity index (χ0) is 14.1. The molecule has 6 heteroatoms. The zero-order valence-electron chi connectivity index (χ0n) is 11.1. The number of nitrogen functional groups attached to an aromatic ring is 1. The summed E-state index contributed by atoms with van der Waals surface area (Å²) in [5.41, 5.74) is 8.30. The Hall–Kier alpha value is -1.11. The lowest BCUT2D eigenvalue weighted by atomic mass is 10.1. The van der Waals surface area contributed by atoms with E-state index in [-0.39, 0.29) is 11.4 Å². The first-order valence-electron chi connectivity index (χ1n) is 5.70. The van der Waals surface area contributed by atoms with Gasteiger partial charge < -0.3 is 10.8 Å². The molecule has 4 N–H and O–H groups in total. The number of hydrogen-bond donors (Lipinski definition) is 3. The highest BCUT2D eigenvalue weighted by Crippen LogP contribution is 2.27. The number of nitrogens with one attached hydrogen (secondary N) is 1. The summed E-state index contributed by atoms with van der Waals surface area (Å²) >= 11 is 0. The Balaban J connectivity index is 3.32. The van der Waals surface area contributed by atoms with Crippen LogP contribution < -0.4 is 10.5 Å². The molecule has 18 heavy (non-hydrogen) atoms. The molecule has 102 valence electrons. The fraction of sp³-hybridized carbons (Fsp3) is 0.500. The van der Waals surface area contributed by atoms with Crippen molar-refractivity contribution in [2.75, 3.05) is 12.3 Å². The number of aryl methyl sites for hydroxylation is 1. The van der Waals surface area contributed by atoms with Gasteiger partial charge >= 0.3 is 0 Å². The van der Waals surface area contributed by atoms with Crippen molar-refractivity contribution in [2.45, 2.75) is 38.7 Å². The van der Waals surface area contributed by atoms with E-state index in [1.54, 1.807) is 19.9 Å². The second-order valence-corrected chi connectivity index (χ2v) is 6.27. The van der Waals surface area contributed by atoms with Gasteiger partial charge in [0, 0.05) is 12.2 Å². The van der Waals surface area contributed by atoms with E-state index in [4.69, 9.17) is 10.8 Å². The van der Waals surface area contributed by atoms with Crippen molar-refractivity contribution in [1.82, 2.24) is 4.72 Å². The highest BCUT2D eigenvalue weighted by atomic mass is 32.2. The maximum atomic E-state index is 12.2. The Kier molecular flexibility index (Phi) is 4.37. The SMILES string of the molecule is Cc1cc(N)c(C)c(S(=O)(=O)NC[C@@H](C)O)c1C. The Bertz CT molecular complexity index is 525. The number of aliphatic hydroxyl groups excluding tert-OH is 1. The van der Waals surface area contributed by atoms with Crippen molar-refractivity contribution >= 4 is 15.7 Å². The van der Waals surface area contributed by atoms with Crippen LogP contribution in [0.4, 0.5) is 5.69 Å². The largest absolute Gasteiger partial charge is 0.398 e. The van der Waals surface area contributed by atoms with Crippen molar-refractivity contribution < 1.29 is 13.5 Å². The molecule has 1 atom stereocenters. The van der Waals surface area contributed by atoms with Gasteiger partial charge in [-0.2, -0.15) is 0 Å². The molecule has 0 spiro atoms. The Morgan fingerprint density at radius 3 is 2.39 bits per heavy atom. The minimum Gasteiger partial charge on any atom is -0.398 e. The van der Waals surface area contributed by atoms with Gasteiger partial charge in [-0.3, -0.25) is 0 Å². The van der Waals surface area contributed by atoms with Gasteiger partial charge in [-0.1, -0.05) is 0 Å². The standard InChI is InChI=1S/C12H20N2O3S/c1-7-5-11(13)10(4)12(9(7)3)18(16,17)14-6-8(2)15/h5,8,14-15H,6,13H2,1-4H3/t8-/m1/s1. The smallest absolute Gasteiger partial charge is 0.241 e. The van der Waals surface area contributed by atoms with Gasteiger partial charge in [-0.15, -0.1) is 0 Å². The molecule has 0 bridgehead atoms. The molecule has 1 aromatic carbocycles. The van der Waals surface area contributed by atoms with E-state index in [9.17, 15) is 8.42 Å². The van der Waals surface area contributed by atoms with Crippen LogP contribution in [0.3, 0.4) is 0 Å². The third kappa shape index (κ3) is 3.01. The van der Waals surface area contributed by atoms with E-state index in [2.05, 4.69) is 4.72 Å². The topological polar surface area (TPSA) is 92.4 Å². The molecule has 5 nitrogen and oxygen atoms in total. The molecule has 0 radical (unpaired) electrons. The molecular formula is C12H20N2O3S. The zero-order valence-corrected chi connectivity index (χ0v) is 11.9.